The zero-order valence-electron chi connectivity index (χ0n) is 7.91. The summed E-state index contributed by atoms with van der Waals surface area (Å²) in [5.74, 6) is -0.777. The number of fused-ring (bicyclic) bond motifs is 1. The molecule has 15 heavy (non-hydrogen) atoms. The van der Waals surface area contributed by atoms with Crippen molar-refractivity contribution in [2.24, 2.45) is 0 Å². The minimum atomic E-state index is -0.824. The van der Waals surface area contributed by atoms with E-state index in [1.807, 2.05) is 6.07 Å². The van der Waals surface area contributed by atoms with E-state index < -0.39 is 12.1 Å². The number of hydrogen-bond donors (Lipinski definition) is 1. The first kappa shape index (κ1) is 10.2. The topological polar surface area (TPSA) is 55.4 Å². The largest absolute Gasteiger partial charge is 0.447 e. The molecule has 0 aliphatic carbocycles. The summed E-state index contributed by atoms with van der Waals surface area (Å²) in [5, 5.41) is 2.64. The minimum Gasteiger partial charge on any atom is -0.447 e. The molecule has 2 rings (SSSR count). The summed E-state index contributed by atoms with van der Waals surface area (Å²) in [5.41, 5.74) is 1.37. The number of rotatable bonds is 1. The molecule has 5 heteroatoms. The van der Waals surface area contributed by atoms with Crippen molar-refractivity contribution in [3.05, 3.63) is 28.2 Å². The summed E-state index contributed by atoms with van der Waals surface area (Å²) in [6, 6.07) is 5.34. The number of benzene rings is 1. The second-order valence-electron chi connectivity index (χ2n) is 3.21. The predicted octanol–water partition coefficient (Wildman–Crippen LogP) is 2.01. The molecule has 0 bridgehead atoms. The first-order valence-electron chi connectivity index (χ1n) is 4.35. The third-order valence-electron chi connectivity index (χ3n) is 2.08. The highest BCUT2D eigenvalue weighted by molar-refractivity contribution is 9.10. The number of nitrogens with one attached hydrogen (secondary N) is 1. The van der Waals surface area contributed by atoms with Crippen LogP contribution in [0.25, 0.3) is 0 Å². The van der Waals surface area contributed by atoms with Crippen LogP contribution in [0.15, 0.2) is 22.7 Å². The maximum Gasteiger partial charge on any atom is 0.303 e. The van der Waals surface area contributed by atoms with E-state index in [-0.39, 0.29) is 5.91 Å². The summed E-state index contributed by atoms with van der Waals surface area (Å²) < 4.78 is 5.78. The van der Waals surface area contributed by atoms with Crippen molar-refractivity contribution < 1.29 is 14.3 Å². The predicted molar refractivity (Wildman–Crippen MR) is 57.3 cm³/mol. The van der Waals surface area contributed by atoms with Crippen LogP contribution in [0, 0.1) is 0 Å². The fourth-order valence-electron chi connectivity index (χ4n) is 1.49. The molecule has 1 unspecified atom stereocenters. The lowest BCUT2D eigenvalue weighted by Crippen LogP contribution is -2.17. The molecule has 1 atom stereocenters. The van der Waals surface area contributed by atoms with E-state index >= 15 is 0 Å². The maximum atomic E-state index is 11.5. The summed E-state index contributed by atoms with van der Waals surface area (Å²) in [6.07, 6.45) is -0.824. The molecule has 0 saturated carbocycles. The van der Waals surface area contributed by atoms with Crippen LogP contribution in [0.5, 0.6) is 0 Å². The lowest BCUT2D eigenvalue weighted by atomic mass is 10.1. The Bertz CT molecular complexity index is 444. The average molecular weight is 270 g/mol. The molecule has 1 aromatic rings. The van der Waals surface area contributed by atoms with E-state index in [2.05, 4.69) is 21.2 Å². The smallest absolute Gasteiger partial charge is 0.303 e. The summed E-state index contributed by atoms with van der Waals surface area (Å²) in [6.45, 7) is 1.28. The van der Waals surface area contributed by atoms with Crippen LogP contribution in [0.3, 0.4) is 0 Å². The van der Waals surface area contributed by atoms with Crippen LogP contribution in [0.2, 0.25) is 0 Å². The van der Waals surface area contributed by atoms with Gasteiger partial charge in [0.1, 0.15) is 0 Å². The van der Waals surface area contributed by atoms with Gasteiger partial charge in [-0.2, -0.15) is 0 Å². The molecule has 0 radical (unpaired) electrons. The average Bonchev–Trinajstić information content (AvgIpc) is 2.43. The number of ether oxygens (including phenoxy) is 1. The SMILES string of the molecule is CC(=O)OC1C(=O)Nc2ccc(Br)cc21. The number of halogens is 1. The van der Waals surface area contributed by atoms with Crippen molar-refractivity contribution >= 4 is 33.5 Å². The lowest BCUT2D eigenvalue weighted by Gasteiger charge is -2.08. The van der Waals surface area contributed by atoms with Crippen LogP contribution in [-0.2, 0) is 14.3 Å². The molecular formula is C10H8BrNO3. The number of hydrogen-bond acceptors (Lipinski definition) is 3. The van der Waals surface area contributed by atoms with Gasteiger partial charge in [-0.1, -0.05) is 15.9 Å². The second kappa shape index (κ2) is 3.66. The van der Waals surface area contributed by atoms with Gasteiger partial charge in [0, 0.05) is 22.6 Å². The molecule has 4 nitrogen and oxygen atoms in total. The molecular weight excluding hydrogens is 262 g/mol. The normalized spacial score (nSPS) is 18.3. The summed E-state index contributed by atoms with van der Waals surface area (Å²) in [7, 11) is 0. The number of carbonyl (C=O) groups excluding carboxylic acids is 2. The molecule has 0 aromatic heterocycles. The Morgan fingerprint density at radius 3 is 2.93 bits per heavy atom. The Morgan fingerprint density at radius 1 is 1.53 bits per heavy atom. The molecule has 78 valence electrons. The Labute approximate surface area is 94.7 Å². The number of amides is 1. The van der Waals surface area contributed by atoms with Crippen molar-refractivity contribution in [3.8, 4) is 0 Å². The maximum absolute atomic E-state index is 11.5. The van der Waals surface area contributed by atoms with Gasteiger partial charge >= 0.3 is 5.97 Å². The molecule has 1 heterocycles. The van der Waals surface area contributed by atoms with Crippen molar-refractivity contribution in [2.75, 3.05) is 5.32 Å². The van der Waals surface area contributed by atoms with Crippen LogP contribution in [0.4, 0.5) is 5.69 Å². The monoisotopic (exact) mass is 269 g/mol. The van der Waals surface area contributed by atoms with Crippen LogP contribution in [-0.4, -0.2) is 11.9 Å². The molecule has 0 saturated heterocycles. The zero-order chi connectivity index (χ0) is 11.0. The molecule has 0 fully saturated rings. The Morgan fingerprint density at radius 2 is 2.27 bits per heavy atom. The van der Waals surface area contributed by atoms with Crippen LogP contribution in [0.1, 0.15) is 18.6 Å². The van der Waals surface area contributed by atoms with Gasteiger partial charge in [0.05, 0.1) is 0 Å². The third kappa shape index (κ3) is 1.87. The first-order valence-corrected chi connectivity index (χ1v) is 5.15. The van der Waals surface area contributed by atoms with E-state index in [9.17, 15) is 9.59 Å². The van der Waals surface area contributed by atoms with Gasteiger partial charge in [0.2, 0.25) is 6.10 Å². The molecule has 1 amide bonds. The fraction of sp³-hybridized carbons (Fsp3) is 0.200. The minimum absolute atomic E-state index is 0.307. The standard InChI is InChI=1S/C10H8BrNO3/c1-5(13)15-9-7-4-6(11)2-3-8(7)12-10(9)14/h2-4,9H,1H3,(H,12,14). The van der Waals surface area contributed by atoms with E-state index in [1.54, 1.807) is 12.1 Å². The van der Waals surface area contributed by atoms with Gasteiger partial charge in [0.15, 0.2) is 0 Å². The molecule has 1 aliphatic heterocycles. The quantitative estimate of drug-likeness (QED) is 0.794. The summed E-state index contributed by atoms with van der Waals surface area (Å²) in [4.78, 5) is 22.3. The van der Waals surface area contributed by atoms with Crippen LogP contribution >= 0.6 is 15.9 Å². The van der Waals surface area contributed by atoms with E-state index in [0.29, 0.717) is 11.3 Å². The Balaban J connectivity index is 2.39. The Kier molecular flexibility index (Phi) is 2.48. The van der Waals surface area contributed by atoms with Gasteiger partial charge < -0.3 is 10.1 Å². The third-order valence-corrected chi connectivity index (χ3v) is 2.57. The molecule has 1 aliphatic rings. The second-order valence-corrected chi connectivity index (χ2v) is 4.13. The number of esters is 1. The Hall–Kier alpha value is -1.36. The molecule has 1 aromatic carbocycles. The van der Waals surface area contributed by atoms with Gasteiger partial charge in [-0.3, -0.25) is 9.59 Å². The van der Waals surface area contributed by atoms with Gasteiger partial charge in [-0.05, 0) is 18.2 Å². The van der Waals surface area contributed by atoms with Crippen molar-refractivity contribution in [2.45, 2.75) is 13.0 Å². The van der Waals surface area contributed by atoms with E-state index in [1.165, 1.54) is 6.92 Å². The highest BCUT2D eigenvalue weighted by Crippen LogP contribution is 2.35. The molecule has 0 spiro atoms. The van der Waals surface area contributed by atoms with Crippen molar-refractivity contribution in [3.63, 3.8) is 0 Å². The summed E-state index contributed by atoms with van der Waals surface area (Å²) >= 11 is 3.30. The fourth-order valence-corrected chi connectivity index (χ4v) is 1.87. The zero-order valence-corrected chi connectivity index (χ0v) is 9.50. The van der Waals surface area contributed by atoms with Gasteiger partial charge in [-0.15, -0.1) is 0 Å². The highest BCUT2D eigenvalue weighted by atomic mass is 79.9. The molecule has 1 N–H and O–H groups in total. The number of carbonyl (C=O) groups is 2. The van der Waals surface area contributed by atoms with Gasteiger partial charge in [-0.25, -0.2) is 0 Å². The van der Waals surface area contributed by atoms with E-state index in [4.69, 9.17) is 4.74 Å². The number of anilines is 1. The van der Waals surface area contributed by atoms with Crippen molar-refractivity contribution in [1.29, 1.82) is 0 Å². The van der Waals surface area contributed by atoms with Crippen molar-refractivity contribution in [1.82, 2.24) is 0 Å². The lowest BCUT2D eigenvalue weighted by molar-refractivity contribution is -0.151. The van der Waals surface area contributed by atoms with Gasteiger partial charge in [0.25, 0.3) is 5.91 Å². The van der Waals surface area contributed by atoms with Crippen LogP contribution < -0.4 is 5.32 Å². The highest BCUT2D eigenvalue weighted by Gasteiger charge is 2.33. The first-order chi connectivity index (χ1) is 7.08. The van der Waals surface area contributed by atoms with E-state index in [0.717, 1.165) is 4.47 Å².